The van der Waals surface area contributed by atoms with E-state index in [1.807, 2.05) is 34.9 Å². The second kappa shape index (κ2) is 7.45. The van der Waals surface area contributed by atoms with Crippen molar-refractivity contribution in [2.24, 2.45) is 0 Å². The maximum Gasteiger partial charge on any atom is 0.337 e. The molecule has 5 rings (SSSR count). The number of nitrogens with one attached hydrogen (secondary N) is 1. The van der Waals surface area contributed by atoms with E-state index in [9.17, 15) is 15.0 Å². The van der Waals surface area contributed by atoms with Gasteiger partial charge in [-0.3, -0.25) is 4.57 Å². The first-order chi connectivity index (χ1) is 15.0. The number of methoxy groups -OCH3 is 1. The SMILES string of the molecule is COC(=O)c1ccc2c(c1)nc(Nc1ccc(O)cc1)n2[C@H]1c2ccccc2C[C@H]1O. The molecule has 4 aromatic rings. The predicted molar refractivity (Wildman–Crippen MR) is 117 cm³/mol. The molecule has 1 aliphatic rings. The lowest BCUT2D eigenvalue weighted by molar-refractivity contribution is 0.0601. The number of aliphatic hydroxyl groups excluding tert-OH is 1. The summed E-state index contributed by atoms with van der Waals surface area (Å²) in [5.74, 6) is 0.265. The molecular formula is C24H21N3O4. The van der Waals surface area contributed by atoms with Crippen molar-refractivity contribution in [2.45, 2.75) is 18.6 Å². The molecule has 0 spiro atoms. The average molecular weight is 415 g/mol. The van der Waals surface area contributed by atoms with E-state index in [0.29, 0.717) is 23.4 Å². The lowest BCUT2D eigenvalue weighted by Gasteiger charge is -2.22. The molecule has 1 aliphatic carbocycles. The highest BCUT2D eigenvalue weighted by Crippen LogP contribution is 2.39. The number of hydrogen-bond donors (Lipinski definition) is 3. The number of carbonyl (C=O) groups is 1. The fraction of sp³-hybridized carbons (Fsp3) is 0.167. The van der Waals surface area contributed by atoms with Crippen LogP contribution in [0.5, 0.6) is 5.75 Å². The van der Waals surface area contributed by atoms with Gasteiger partial charge in [0.15, 0.2) is 0 Å². The van der Waals surface area contributed by atoms with Crippen molar-refractivity contribution >= 4 is 28.6 Å². The number of phenols is 1. The first-order valence-electron chi connectivity index (χ1n) is 9.97. The third kappa shape index (κ3) is 3.29. The summed E-state index contributed by atoms with van der Waals surface area (Å²) in [4.78, 5) is 16.7. The molecule has 0 unspecified atom stereocenters. The number of aromatic hydroxyl groups is 1. The number of aromatic nitrogens is 2. The van der Waals surface area contributed by atoms with Gasteiger partial charge in [0.25, 0.3) is 0 Å². The van der Waals surface area contributed by atoms with E-state index in [0.717, 1.165) is 22.3 Å². The van der Waals surface area contributed by atoms with Crippen molar-refractivity contribution in [3.63, 3.8) is 0 Å². The van der Waals surface area contributed by atoms with Crippen LogP contribution in [-0.2, 0) is 11.2 Å². The molecule has 0 aliphatic heterocycles. The van der Waals surface area contributed by atoms with Crippen LogP contribution in [0.25, 0.3) is 11.0 Å². The highest BCUT2D eigenvalue weighted by Gasteiger charge is 2.35. The third-order valence-electron chi connectivity index (χ3n) is 5.68. The number of anilines is 2. The fourth-order valence-electron chi connectivity index (χ4n) is 4.25. The van der Waals surface area contributed by atoms with Crippen molar-refractivity contribution < 1.29 is 19.7 Å². The van der Waals surface area contributed by atoms with Gasteiger partial charge in [0.05, 0.1) is 35.9 Å². The monoisotopic (exact) mass is 415 g/mol. The Morgan fingerprint density at radius 3 is 2.68 bits per heavy atom. The van der Waals surface area contributed by atoms with Gasteiger partial charge in [0.2, 0.25) is 5.95 Å². The summed E-state index contributed by atoms with van der Waals surface area (Å²) in [7, 11) is 1.34. The molecule has 3 aromatic carbocycles. The smallest absolute Gasteiger partial charge is 0.337 e. The Labute approximate surface area is 178 Å². The van der Waals surface area contributed by atoms with Gasteiger partial charge in [-0.2, -0.15) is 0 Å². The largest absolute Gasteiger partial charge is 0.508 e. The van der Waals surface area contributed by atoms with Crippen molar-refractivity contribution in [2.75, 3.05) is 12.4 Å². The molecule has 0 amide bonds. The minimum Gasteiger partial charge on any atom is -0.508 e. The second-order valence-corrected chi connectivity index (χ2v) is 7.59. The fourth-order valence-corrected chi connectivity index (χ4v) is 4.25. The predicted octanol–water partition coefficient (Wildman–Crippen LogP) is 3.78. The summed E-state index contributed by atoms with van der Waals surface area (Å²) in [5.41, 5.74) is 4.69. The zero-order chi connectivity index (χ0) is 21.5. The van der Waals surface area contributed by atoms with Gasteiger partial charge in [-0.25, -0.2) is 9.78 Å². The maximum absolute atomic E-state index is 12.0. The lowest BCUT2D eigenvalue weighted by atomic mass is 10.1. The van der Waals surface area contributed by atoms with Crippen molar-refractivity contribution in [1.82, 2.24) is 9.55 Å². The van der Waals surface area contributed by atoms with Gasteiger partial charge in [-0.05, 0) is 53.6 Å². The standard InChI is InChI=1S/C24H21N3O4/c1-31-23(30)15-6-11-20-19(12-15)26-24(25-16-7-9-17(28)10-8-16)27(20)22-18-5-3-2-4-14(18)13-21(22)29/h2-12,21-22,28-29H,13H2,1H3,(H,25,26)/t21-,22+/m1/s1. The number of rotatable bonds is 4. The molecule has 2 atom stereocenters. The minimum absolute atomic E-state index is 0.168. The molecule has 0 radical (unpaired) electrons. The summed E-state index contributed by atoms with van der Waals surface area (Å²) in [6.45, 7) is 0. The van der Waals surface area contributed by atoms with E-state index in [1.165, 1.54) is 7.11 Å². The molecule has 1 heterocycles. The van der Waals surface area contributed by atoms with Crippen molar-refractivity contribution in [1.29, 1.82) is 0 Å². The number of imidazole rings is 1. The van der Waals surface area contributed by atoms with E-state index in [-0.39, 0.29) is 11.8 Å². The number of esters is 1. The molecule has 3 N–H and O–H groups in total. The molecule has 0 saturated heterocycles. The number of aliphatic hydroxyl groups is 1. The Morgan fingerprint density at radius 2 is 1.90 bits per heavy atom. The topological polar surface area (TPSA) is 96.6 Å². The van der Waals surface area contributed by atoms with Gasteiger partial charge in [-0.1, -0.05) is 24.3 Å². The Bertz CT molecular complexity index is 1280. The number of benzene rings is 3. The van der Waals surface area contributed by atoms with Crippen LogP contribution in [0.4, 0.5) is 11.6 Å². The minimum atomic E-state index is -0.615. The molecule has 0 bridgehead atoms. The molecule has 31 heavy (non-hydrogen) atoms. The number of hydrogen-bond acceptors (Lipinski definition) is 6. The molecule has 7 heteroatoms. The van der Waals surface area contributed by atoms with Gasteiger partial charge in [0, 0.05) is 12.1 Å². The number of ether oxygens (including phenoxy) is 1. The Balaban J connectivity index is 1.69. The summed E-state index contributed by atoms with van der Waals surface area (Å²) < 4.78 is 6.81. The molecule has 156 valence electrons. The Hall–Kier alpha value is -3.84. The summed E-state index contributed by atoms with van der Waals surface area (Å²) in [6, 6.07) is 19.5. The Kier molecular flexibility index (Phi) is 4.60. The van der Waals surface area contributed by atoms with Crippen LogP contribution in [0.15, 0.2) is 66.7 Å². The van der Waals surface area contributed by atoms with Gasteiger partial charge < -0.3 is 20.3 Å². The van der Waals surface area contributed by atoms with E-state index >= 15 is 0 Å². The maximum atomic E-state index is 12.0. The van der Waals surface area contributed by atoms with Crippen LogP contribution < -0.4 is 5.32 Å². The van der Waals surface area contributed by atoms with Gasteiger partial charge in [-0.15, -0.1) is 0 Å². The molecular weight excluding hydrogens is 394 g/mol. The second-order valence-electron chi connectivity index (χ2n) is 7.59. The molecule has 0 fully saturated rings. The zero-order valence-corrected chi connectivity index (χ0v) is 16.8. The van der Waals surface area contributed by atoms with Crippen LogP contribution in [0.2, 0.25) is 0 Å². The summed E-state index contributed by atoms with van der Waals surface area (Å²) in [6.07, 6.45) is -0.0604. The number of phenolic OH excluding ortho intramolecular Hbond substituents is 1. The molecule has 7 nitrogen and oxygen atoms in total. The first kappa shape index (κ1) is 19.1. The summed E-state index contributed by atoms with van der Waals surface area (Å²) >= 11 is 0. The summed E-state index contributed by atoms with van der Waals surface area (Å²) in [5, 5.41) is 23.8. The van der Waals surface area contributed by atoms with Crippen LogP contribution in [0.1, 0.15) is 27.5 Å². The highest BCUT2D eigenvalue weighted by molar-refractivity contribution is 5.94. The first-order valence-corrected chi connectivity index (χ1v) is 9.97. The molecule has 1 aromatic heterocycles. The third-order valence-corrected chi connectivity index (χ3v) is 5.68. The average Bonchev–Trinajstić information content (AvgIpc) is 3.29. The van der Waals surface area contributed by atoms with Crippen LogP contribution in [-0.4, -0.2) is 38.9 Å². The molecule has 0 saturated carbocycles. The quantitative estimate of drug-likeness (QED) is 0.347. The lowest BCUT2D eigenvalue weighted by Crippen LogP contribution is -2.22. The normalized spacial score (nSPS) is 17.5. The van der Waals surface area contributed by atoms with E-state index in [4.69, 9.17) is 9.72 Å². The van der Waals surface area contributed by atoms with Crippen LogP contribution in [0.3, 0.4) is 0 Å². The van der Waals surface area contributed by atoms with Crippen molar-refractivity contribution in [3.8, 4) is 5.75 Å². The van der Waals surface area contributed by atoms with Crippen LogP contribution in [0, 0.1) is 0 Å². The Morgan fingerprint density at radius 1 is 1.13 bits per heavy atom. The van der Waals surface area contributed by atoms with Gasteiger partial charge in [0.1, 0.15) is 5.75 Å². The number of carbonyl (C=O) groups excluding carboxylic acids is 1. The number of nitrogens with zero attached hydrogens (tertiary/aromatic N) is 2. The number of fused-ring (bicyclic) bond motifs is 2. The van der Waals surface area contributed by atoms with E-state index in [1.54, 1.807) is 36.4 Å². The van der Waals surface area contributed by atoms with Crippen molar-refractivity contribution in [3.05, 3.63) is 83.4 Å². The zero-order valence-electron chi connectivity index (χ0n) is 16.8. The van der Waals surface area contributed by atoms with Crippen LogP contribution >= 0.6 is 0 Å². The van der Waals surface area contributed by atoms with Gasteiger partial charge >= 0.3 is 5.97 Å². The highest BCUT2D eigenvalue weighted by atomic mass is 16.5. The van der Waals surface area contributed by atoms with E-state index in [2.05, 4.69) is 5.32 Å². The van der Waals surface area contributed by atoms with E-state index < -0.39 is 12.1 Å².